The van der Waals surface area contributed by atoms with Gasteiger partial charge in [-0.1, -0.05) is 18.2 Å². The number of fused-ring (bicyclic) bond motifs is 1. The maximum absolute atomic E-state index is 13.8. The van der Waals surface area contributed by atoms with E-state index in [4.69, 9.17) is 5.73 Å². The average Bonchev–Trinajstić information content (AvgIpc) is 2.75. The summed E-state index contributed by atoms with van der Waals surface area (Å²) >= 11 is 0. The monoisotopic (exact) mass is 245 g/mol. The standard InChI is InChI=1S/C15H13F2N/c16-9-4-6-14(17)13(8-9)10-2-1-3-12-11(10)5-7-15(12)18/h1-4,6,8,15H,5,7,18H2. The van der Waals surface area contributed by atoms with E-state index >= 15 is 0 Å². The van der Waals surface area contributed by atoms with Crippen LogP contribution in [0, 0.1) is 11.6 Å². The van der Waals surface area contributed by atoms with E-state index in [0.717, 1.165) is 35.6 Å². The summed E-state index contributed by atoms with van der Waals surface area (Å²) in [6, 6.07) is 9.20. The third-order valence-corrected chi connectivity index (χ3v) is 3.54. The Hall–Kier alpha value is -1.74. The molecule has 1 atom stereocenters. The van der Waals surface area contributed by atoms with Crippen LogP contribution < -0.4 is 5.73 Å². The van der Waals surface area contributed by atoms with Crippen molar-refractivity contribution >= 4 is 0 Å². The van der Waals surface area contributed by atoms with E-state index < -0.39 is 11.6 Å². The van der Waals surface area contributed by atoms with E-state index in [2.05, 4.69) is 0 Å². The molecule has 0 aliphatic heterocycles. The van der Waals surface area contributed by atoms with E-state index in [9.17, 15) is 8.78 Å². The summed E-state index contributed by atoms with van der Waals surface area (Å²) in [6.45, 7) is 0. The van der Waals surface area contributed by atoms with Gasteiger partial charge in [-0.3, -0.25) is 0 Å². The van der Waals surface area contributed by atoms with Gasteiger partial charge in [0.05, 0.1) is 0 Å². The second kappa shape index (κ2) is 4.18. The first-order valence-electron chi connectivity index (χ1n) is 5.99. The highest BCUT2D eigenvalue weighted by Crippen LogP contribution is 2.37. The van der Waals surface area contributed by atoms with Crippen molar-refractivity contribution in [2.24, 2.45) is 5.73 Å². The minimum Gasteiger partial charge on any atom is -0.324 e. The zero-order valence-electron chi connectivity index (χ0n) is 9.79. The first kappa shape index (κ1) is 11.4. The van der Waals surface area contributed by atoms with Gasteiger partial charge >= 0.3 is 0 Å². The molecule has 0 amide bonds. The lowest BCUT2D eigenvalue weighted by Gasteiger charge is -2.11. The fraction of sp³-hybridized carbons (Fsp3) is 0.200. The van der Waals surface area contributed by atoms with Crippen LogP contribution in [0.15, 0.2) is 36.4 Å². The maximum Gasteiger partial charge on any atom is 0.131 e. The van der Waals surface area contributed by atoms with Crippen LogP contribution in [-0.2, 0) is 6.42 Å². The summed E-state index contributed by atoms with van der Waals surface area (Å²) in [5.74, 6) is -0.823. The molecule has 1 unspecified atom stereocenters. The summed E-state index contributed by atoms with van der Waals surface area (Å²) in [5, 5.41) is 0. The highest BCUT2D eigenvalue weighted by molar-refractivity contribution is 5.70. The molecule has 2 N–H and O–H groups in total. The minimum absolute atomic E-state index is 0.0107. The Kier molecular flexibility index (Phi) is 2.63. The van der Waals surface area contributed by atoms with Crippen molar-refractivity contribution < 1.29 is 8.78 Å². The van der Waals surface area contributed by atoms with Crippen LogP contribution in [0.2, 0.25) is 0 Å². The van der Waals surface area contributed by atoms with Gasteiger partial charge in [0.25, 0.3) is 0 Å². The number of hydrogen-bond acceptors (Lipinski definition) is 1. The van der Waals surface area contributed by atoms with Gasteiger partial charge in [-0.05, 0) is 47.7 Å². The molecule has 0 bridgehead atoms. The third kappa shape index (κ3) is 1.71. The molecule has 1 aliphatic carbocycles. The van der Waals surface area contributed by atoms with Crippen molar-refractivity contribution in [3.63, 3.8) is 0 Å². The first-order chi connectivity index (χ1) is 8.66. The molecule has 0 heterocycles. The minimum atomic E-state index is -0.425. The van der Waals surface area contributed by atoms with Gasteiger partial charge in [0.1, 0.15) is 11.6 Å². The van der Waals surface area contributed by atoms with Gasteiger partial charge in [-0.15, -0.1) is 0 Å². The Bertz CT molecular complexity index is 607. The second-order valence-corrected chi connectivity index (χ2v) is 4.64. The second-order valence-electron chi connectivity index (χ2n) is 4.64. The Morgan fingerprint density at radius 1 is 1.06 bits per heavy atom. The molecule has 3 heteroatoms. The number of hydrogen-bond donors (Lipinski definition) is 1. The van der Waals surface area contributed by atoms with Crippen LogP contribution in [0.4, 0.5) is 8.78 Å². The lowest BCUT2D eigenvalue weighted by molar-refractivity contribution is 0.603. The molecule has 92 valence electrons. The highest BCUT2D eigenvalue weighted by atomic mass is 19.1. The molecule has 0 spiro atoms. The van der Waals surface area contributed by atoms with Gasteiger partial charge < -0.3 is 5.73 Å². The van der Waals surface area contributed by atoms with Gasteiger partial charge in [0, 0.05) is 11.6 Å². The fourth-order valence-corrected chi connectivity index (χ4v) is 2.64. The molecular formula is C15H13F2N. The van der Waals surface area contributed by atoms with Crippen molar-refractivity contribution in [1.82, 2.24) is 0 Å². The molecule has 18 heavy (non-hydrogen) atoms. The van der Waals surface area contributed by atoms with E-state index in [-0.39, 0.29) is 6.04 Å². The molecule has 2 aromatic rings. The summed E-state index contributed by atoms with van der Waals surface area (Å²) in [6.07, 6.45) is 1.69. The van der Waals surface area contributed by atoms with Crippen LogP contribution >= 0.6 is 0 Å². The number of rotatable bonds is 1. The number of halogens is 2. The van der Waals surface area contributed by atoms with Gasteiger partial charge in [-0.25, -0.2) is 8.78 Å². The molecule has 0 fully saturated rings. The number of nitrogens with two attached hydrogens (primary N) is 1. The quantitative estimate of drug-likeness (QED) is 0.816. The van der Waals surface area contributed by atoms with Crippen molar-refractivity contribution in [1.29, 1.82) is 0 Å². The lowest BCUT2D eigenvalue weighted by Crippen LogP contribution is -2.05. The largest absolute Gasteiger partial charge is 0.324 e. The summed E-state index contributed by atoms with van der Waals surface area (Å²) < 4.78 is 27.1. The molecular weight excluding hydrogens is 232 g/mol. The molecule has 0 saturated carbocycles. The van der Waals surface area contributed by atoms with Crippen LogP contribution in [0.3, 0.4) is 0 Å². The molecule has 3 rings (SSSR count). The zero-order chi connectivity index (χ0) is 12.7. The molecule has 0 radical (unpaired) electrons. The van der Waals surface area contributed by atoms with E-state index in [1.54, 1.807) is 0 Å². The first-order valence-corrected chi connectivity index (χ1v) is 5.99. The van der Waals surface area contributed by atoms with Gasteiger partial charge in [0.2, 0.25) is 0 Å². The summed E-state index contributed by atoms with van der Waals surface area (Å²) in [5.41, 5.74) is 9.18. The zero-order valence-corrected chi connectivity index (χ0v) is 9.79. The molecule has 2 aromatic carbocycles. The maximum atomic E-state index is 13.8. The molecule has 1 aliphatic rings. The van der Waals surface area contributed by atoms with Crippen molar-refractivity contribution in [3.8, 4) is 11.1 Å². The SMILES string of the molecule is NC1CCc2c(-c3cc(F)ccc3F)cccc21. The lowest BCUT2D eigenvalue weighted by atomic mass is 9.96. The van der Waals surface area contributed by atoms with E-state index in [0.29, 0.717) is 5.56 Å². The van der Waals surface area contributed by atoms with Crippen molar-refractivity contribution in [2.45, 2.75) is 18.9 Å². The normalized spacial score (nSPS) is 17.8. The molecule has 1 nitrogen and oxygen atoms in total. The van der Waals surface area contributed by atoms with Crippen LogP contribution in [0.5, 0.6) is 0 Å². The van der Waals surface area contributed by atoms with Crippen LogP contribution in [0.25, 0.3) is 11.1 Å². The fourth-order valence-electron chi connectivity index (χ4n) is 2.64. The predicted molar refractivity (Wildman–Crippen MR) is 67.0 cm³/mol. The Morgan fingerprint density at radius 2 is 1.89 bits per heavy atom. The molecule has 0 saturated heterocycles. The molecule has 0 aromatic heterocycles. The topological polar surface area (TPSA) is 26.0 Å². The highest BCUT2D eigenvalue weighted by Gasteiger charge is 2.22. The number of benzene rings is 2. The Balaban J connectivity index is 2.21. The summed E-state index contributed by atoms with van der Waals surface area (Å²) in [7, 11) is 0. The average molecular weight is 245 g/mol. The predicted octanol–water partition coefficient (Wildman–Crippen LogP) is 3.58. The smallest absolute Gasteiger partial charge is 0.131 e. The Labute approximate surface area is 104 Å². The van der Waals surface area contributed by atoms with E-state index in [1.165, 1.54) is 12.1 Å². The van der Waals surface area contributed by atoms with Crippen LogP contribution in [0.1, 0.15) is 23.6 Å². The van der Waals surface area contributed by atoms with Crippen molar-refractivity contribution in [2.75, 3.05) is 0 Å². The van der Waals surface area contributed by atoms with Gasteiger partial charge in [-0.2, -0.15) is 0 Å². The summed E-state index contributed by atoms with van der Waals surface area (Å²) in [4.78, 5) is 0. The van der Waals surface area contributed by atoms with Gasteiger partial charge in [0.15, 0.2) is 0 Å². The van der Waals surface area contributed by atoms with Crippen LogP contribution in [-0.4, -0.2) is 0 Å². The Morgan fingerprint density at radius 3 is 2.72 bits per heavy atom. The van der Waals surface area contributed by atoms with Crippen molar-refractivity contribution in [3.05, 3.63) is 59.2 Å². The van der Waals surface area contributed by atoms with E-state index in [1.807, 2.05) is 18.2 Å². The third-order valence-electron chi connectivity index (χ3n) is 3.54.